The van der Waals surface area contributed by atoms with Crippen molar-refractivity contribution >= 4 is 49.0 Å². The van der Waals surface area contributed by atoms with Gasteiger partial charge in [-0.25, -0.2) is 0 Å². The van der Waals surface area contributed by atoms with Crippen LogP contribution in [-0.2, 0) is 0 Å². The maximum absolute atomic E-state index is 12.3. The molecule has 0 unspecified atom stereocenters. The number of thiophene rings is 1. The average Bonchev–Trinajstić information content (AvgIpc) is 2.68. The van der Waals surface area contributed by atoms with Gasteiger partial charge < -0.3 is 4.74 Å². The molecule has 0 spiro atoms. The Hall–Kier alpha value is -0.650. The van der Waals surface area contributed by atoms with Crippen LogP contribution < -0.4 is 4.74 Å². The Morgan fingerprint density at radius 1 is 1.28 bits per heavy atom. The Morgan fingerprint density at radius 3 is 2.50 bits per heavy atom. The Morgan fingerprint density at radius 2 is 2.00 bits per heavy atom. The van der Waals surface area contributed by atoms with E-state index in [9.17, 15) is 4.79 Å². The summed E-state index contributed by atoms with van der Waals surface area (Å²) in [5, 5.41) is 0. The summed E-state index contributed by atoms with van der Waals surface area (Å²) in [4.78, 5) is 13.0. The second kappa shape index (κ2) is 5.55. The number of carbonyl (C=O) groups is 1. The first-order valence-corrected chi connectivity index (χ1v) is 7.57. The summed E-state index contributed by atoms with van der Waals surface area (Å²) in [7, 11) is 1.62. The fourth-order valence-corrected chi connectivity index (χ4v) is 3.62. The van der Waals surface area contributed by atoms with Gasteiger partial charge in [0.05, 0.1) is 15.8 Å². The van der Waals surface area contributed by atoms with Crippen molar-refractivity contribution in [1.29, 1.82) is 0 Å². The molecule has 94 valence electrons. The summed E-state index contributed by atoms with van der Waals surface area (Å²) in [5.41, 5.74) is 1.63. The summed E-state index contributed by atoms with van der Waals surface area (Å²) in [6.07, 6.45) is 0. The smallest absolute Gasteiger partial charge is 0.203 e. The van der Waals surface area contributed by atoms with Gasteiger partial charge in [0.2, 0.25) is 5.78 Å². The van der Waals surface area contributed by atoms with Crippen LogP contribution in [0.1, 0.15) is 20.8 Å². The third-order valence-corrected chi connectivity index (χ3v) is 5.78. The zero-order valence-corrected chi connectivity index (χ0v) is 13.8. The van der Waals surface area contributed by atoms with Gasteiger partial charge in [-0.15, -0.1) is 11.3 Å². The van der Waals surface area contributed by atoms with Crippen molar-refractivity contribution in [3.63, 3.8) is 0 Å². The van der Waals surface area contributed by atoms with Crippen LogP contribution in [0.5, 0.6) is 5.75 Å². The van der Waals surface area contributed by atoms with E-state index < -0.39 is 0 Å². The third-order valence-electron chi connectivity index (χ3n) is 2.53. The lowest BCUT2D eigenvalue weighted by Gasteiger charge is -2.05. The monoisotopic (exact) mass is 388 g/mol. The Balaban J connectivity index is 2.37. The first-order valence-electron chi connectivity index (χ1n) is 5.17. The fraction of sp³-hybridized carbons (Fsp3) is 0.154. The van der Waals surface area contributed by atoms with Crippen molar-refractivity contribution in [3.8, 4) is 5.75 Å². The van der Waals surface area contributed by atoms with E-state index in [4.69, 9.17) is 4.74 Å². The molecule has 0 radical (unpaired) electrons. The molecule has 0 aliphatic heterocycles. The van der Waals surface area contributed by atoms with Crippen LogP contribution >= 0.6 is 43.2 Å². The summed E-state index contributed by atoms with van der Waals surface area (Å²) in [5.74, 6) is 0.817. The molecule has 0 aliphatic carbocycles. The highest BCUT2D eigenvalue weighted by atomic mass is 79.9. The normalized spacial score (nSPS) is 10.4. The first kappa shape index (κ1) is 13.8. The molecule has 0 fully saturated rings. The van der Waals surface area contributed by atoms with Gasteiger partial charge in [0.25, 0.3) is 0 Å². The largest absolute Gasteiger partial charge is 0.496 e. The van der Waals surface area contributed by atoms with Gasteiger partial charge in [0.1, 0.15) is 5.75 Å². The Labute approximate surface area is 126 Å². The van der Waals surface area contributed by atoms with Crippen LogP contribution in [-0.4, -0.2) is 12.9 Å². The first-order chi connectivity index (χ1) is 8.52. The second-order valence-corrected chi connectivity index (χ2v) is 6.97. The molecule has 1 aromatic carbocycles. The van der Waals surface area contributed by atoms with Crippen molar-refractivity contribution in [1.82, 2.24) is 0 Å². The lowest BCUT2D eigenvalue weighted by atomic mass is 10.1. The number of ether oxygens (including phenoxy) is 1. The summed E-state index contributed by atoms with van der Waals surface area (Å²) in [6.45, 7) is 1.93. The molecule has 18 heavy (non-hydrogen) atoms. The molecule has 1 heterocycles. The number of hydrogen-bond donors (Lipinski definition) is 0. The quantitative estimate of drug-likeness (QED) is 0.703. The third kappa shape index (κ3) is 2.68. The molecule has 0 saturated heterocycles. The summed E-state index contributed by atoms with van der Waals surface area (Å²) in [6, 6.07) is 7.29. The zero-order chi connectivity index (χ0) is 13.3. The standard InChI is InChI=1S/C13H10Br2O2S/c1-7-5-8(3-4-10(7)17-2)12(16)11-6-9(14)13(15)18-11/h3-6H,1-2H3. The van der Waals surface area contributed by atoms with E-state index in [1.165, 1.54) is 11.3 Å². The van der Waals surface area contributed by atoms with E-state index in [2.05, 4.69) is 31.9 Å². The van der Waals surface area contributed by atoms with Crippen molar-refractivity contribution in [2.45, 2.75) is 6.92 Å². The Bertz CT molecular complexity index is 586. The minimum absolute atomic E-state index is 0.0251. The number of rotatable bonds is 3. The topological polar surface area (TPSA) is 26.3 Å². The minimum Gasteiger partial charge on any atom is -0.496 e. The Kier molecular flexibility index (Phi) is 4.25. The molecule has 2 rings (SSSR count). The molecule has 0 N–H and O–H groups in total. The van der Waals surface area contributed by atoms with Crippen LogP contribution in [0.3, 0.4) is 0 Å². The van der Waals surface area contributed by atoms with Crippen LogP contribution in [0.25, 0.3) is 0 Å². The van der Waals surface area contributed by atoms with E-state index >= 15 is 0 Å². The van der Waals surface area contributed by atoms with E-state index in [0.717, 1.165) is 19.6 Å². The van der Waals surface area contributed by atoms with Crippen molar-refractivity contribution in [2.24, 2.45) is 0 Å². The predicted octanol–water partition coefficient (Wildman–Crippen LogP) is 4.82. The van der Waals surface area contributed by atoms with Gasteiger partial charge in [-0.1, -0.05) is 0 Å². The second-order valence-electron chi connectivity index (χ2n) is 3.75. The predicted molar refractivity (Wildman–Crippen MR) is 80.9 cm³/mol. The number of carbonyl (C=O) groups excluding carboxylic acids is 1. The van der Waals surface area contributed by atoms with E-state index in [0.29, 0.717) is 10.4 Å². The molecule has 1 aromatic heterocycles. The van der Waals surface area contributed by atoms with Crippen molar-refractivity contribution < 1.29 is 9.53 Å². The van der Waals surface area contributed by atoms with E-state index in [-0.39, 0.29) is 5.78 Å². The highest BCUT2D eigenvalue weighted by molar-refractivity contribution is 9.13. The van der Waals surface area contributed by atoms with Crippen molar-refractivity contribution in [2.75, 3.05) is 7.11 Å². The number of methoxy groups -OCH3 is 1. The van der Waals surface area contributed by atoms with Crippen molar-refractivity contribution in [3.05, 3.63) is 48.5 Å². The molecule has 0 amide bonds. The van der Waals surface area contributed by atoms with Gasteiger partial charge >= 0.3 is 0 Å². The number of halogens is 2. The highest BCUT2D eigenvalue weighted by Gasteiger charge is 2.15. The number of ketones is 1. The minimum atomic E-state index is 0.0251. The number of benzene rings is 1. The molecular weight excluding hydrogens is 380 g/mol. The molecule has 0 aliphatic rings. The van der Waals surface area contributed by atoms with Crippen LogP contribution in [0.4, 0.5) is 0 Å². The fourth-order valence-electron chi connectivity index (χ4n) is 1.62. The molecule has 0 saturated carbocycles. The molecule has 2 aromatic rings. The van der Waals surface area contributed by atoms with Gasteiger partial charge in [-0.3, -0.25) is 4.79 Å². The lowest BCUT2D eigenvalue weighted by Crippen LogP contribution is -1.99. The number of aryl methyl sites for hydroxylation is 1. The molecule has 5 heteroatoms. The summed E-state index contributed by atoms with van der Waals surface area (Å²) < 4.78 is 7.02. The van der Waals surface area contributed by atoms with Crippen LogP contribution in [0.2, 0.25) is 0 Å². The molecular formula is C13H10Br2O2S. The summed E-state index contributed by atoms with van der Waals surface area (Å²) >= 11 is 8.20. The average molecular weight is 390 g/mol. The lowest BCUT2D eigenvalue weighted by molar-refractivity contribution is 0.104. The van der Waals surface area contributed by atoms with Crippen LogP contribution in [0.15, 0.2) is 32.5 Å². The van der Waals surface area contributed by atoms with E-state index in [1.54, 1.807) is 13.2 Å². The molecule has 2 nitrogen and oxygen atoms in total. The molecule has 0 atom stereocenters. The van der Waals surface area contributed by atoms with Gasteiger partial charge in [-0.2, -0.15) is 0 Å². The van der Waals surface area contributed by atoms with Crippen LogP contribution in [0, 0.1) is 6.92 Å². The maximum atomic E-state index is 12.3. The van der Waals surface area contributed by atoms with Gasteiger partial charge in [0, 0.05) is 10.0 Å². The zero-order valence-electron chi connectivity index (χ0n) is 9.79. The highest BCUT2D eigenvalue weighted by Crippen LogP contribution is 2.33. The van der Waals surface area contributed by atoms with Gasteiger partial charge in [-0.05, 0) is 68.6 Å². The number of hydrogen-bond acceptors (Lipinski definition) is 3. The molecule has 0 bridgehead atoms. The van der Waals surface area contributed by atoms with Gasteiger partial charge in [0.15, 0.2) is 0 Å². The SMILES string of the molecule is COc1ccc(C(=O)c2cc(Br)c(Br)s2)cc1C. The maximum Gasteiger partial charge on any atom is 0.203 e. The van der Waals surface area contributed by atoms with E-state index in [1.807, 2.05) is 25.1 Å².